The third-order valence-electron chi connectivity index (χ3n) is 3.88. The zero-order valence-corrected chi connectivity index (χ0v) is 13.5. The standard InChI is InChI=1S/C18H27N3/c1-4-6-9-12-21(3)18-17-11-8-7-10-16(17)15(14-20-18)13-19-5-2/h7-8,10-11,14,19H,4-6,9,12-13H2,1-3H3. The second-order valence-corrected chi connectivity index (χ2v) is 5.56. The van der Waals surface area contributed by atoms with E-state index in [0.717, 1.165) is 25.5 Å². The summed E-state index contributed by atoms with van der Waals surface area (Å²) in [5.41, 5.74) is 1.28. The van der Waals surface area contributed by atoms with Gasteiger partial charge in [-0.25, -0.2) is 4.98 Å². The predicted molar refractivity (Wildman–Crippen MR) is 91.9 cm³/mol. The Kier molecular flexibility index (Phi) is 6.00. The summed E-state index contributed by atoms with van der Waals surface area (Å²) < 4.78 is 0. The van der Waals surface area contributed by atoms with Crippen molar-refractivity contribution in [2.75, 3.05) is 25.0 Å². The molecular formula is C18H27N3. The average Bonchev–Trinajstić information content (AvgIpc) is 2.52. The second-order valence-electron chi connectivity index (χ2n) is 5.56. The lowest BCUT2D eigenvalue weighted by atomic mass is 10.1. The van der Waals surface area contributed by atoms with E-state index in [2.05, 4.69) is 55.4 Å². The predicted octanol–water partition coefficient (Wildman–Crippen LogP) is 3.97. The first kappa shape index (κ1) is 15.8. The maximum absolute atomic E-state index is 4.72. The fraction of sp³-hybridized carbons (Fsp3) is 0.500. The van der Waals surface area contributed by atoms with Gasteiger partial charge in [-0.1, -0.05) is 51.0 Å². The van der Waals surface area contributed by atoms with Gasteiger partial charge in [0.2, 0.25) is 0 Å². The minimum Gasteiger partial charge on any atom is -0.359 e. The Balaban J connectivity index is 2.28. The third kappa shape index (κ3) is 3.94. The van der Waals surface area contributed by atoms with Gasteiger partial charge in [-0.15, -0.1) is 0 Å². The van der Waals surface area contributed by atoms with Crippen LogP contribution >= 0.6 is 0 Å². The molecular weight excluding hydrogens is 258 g/mol. The van der Waals surface area contributed by atoms with Crippen molar-refractivity contribution in [1.29, 1.82) is 0 Å². The first-order valence-corrected chi connectivity index (χ1v) is 8.06. The number of unbranched alkanes of at least 4 members (excludes halogenated alkanes) is 2. The number of hydrogen-bond acceptors (Lipinski definition) is 3. The number of benzene rings is 1. The van der Waals surface area contributed by atoms with Crippen LogP contribution in [0.5, 0.6) is 0 Å². The van der Waals surface area contributed by atoms with Crippen molar-refractivity contribution < 1.29 is 0 Å². The van der Waals surface area contributed by atoms with E-state index in [1.807, 2.05) is 6.20 Å². The van der Waals surface area contributed by atoms with E-state index in [4.69, 9.17) is 4.98 Å². The van der Waals surface area contributed by atoms with Gasteiger partial charge in [0.1, 0.15) is 5.82 Å². The van der Waals surface area contributed by atoms with Gasteiger partial charge in [0.15, 0.2) is 0 Å². The van der Waals surface area contributed by atoms with Crippen molar-refractivity contribution in [2.45, 2.75) is 39.7 Å². The maximum Gasteiger partial charge on any atom is 0.136 e. The monoisotopic (exact) mass is 285 g/mol. The molecule has 3 heteroatoms. The van der Waals surface area contributed by atoms with Crippen LogP contribution in [0.2, 0.25) is 0 Å². The Labute approximate surface area is 128 Å². The van der Waals surface area contributed by atoms with Crippen LogP contribution in [0.3, 0.4) is 0 Å². The zero-order chi connectivity index (χ0) is 15.1. The Morgan fingerprint density at radius 1 is 1.10 bits per heavy atom. The first-order chi connectivity index (χ1) is 10.3. The lowest BCUT2D eigenvalue weighted by Gasteiger charge is -2.21. The summed E-state index contributed by atoms with van der Waals surface area (Å²) in [6.45, 7) is 7.29. The quantitative estimate of drug-likeness (QED) is 0.744. The number of anilines is 1. The molecule has 1 aromatic heterocycles. The van der Waals surface area contributed by atoms with E-state index in [1.54, 1.807) is 0 Å². The number of fused-ring (bicyclic) bond motifs is 1. The van der Waals surface area contributed by atoms with E-state index in [9.17, 15) is 0 Å². The highest BCUT2D eigenvalue weighted by Gasteiger charge is 2.10. The van der Waals surface area contributed by atoms with Crippen molar-refractivity contribution in [3.05, 3.63) is 36.0 Å². The molecule has 0 atom stereocenters. The van der Waals surface area contributed by atoms with Gasteiger partial charge >= 0.3 is 0 Å². The summed E-state index contributed by atoms with van der Waals surface area (Å²) in [4.78, 5) is 7.01. The molecule has 2 aromatic rings. The fourth-order valence-corrected chi connectivity index (χ4v) is 2.65. The van der Waals surface area contributed by atoms with Crippen molar-refractivity contribution in [3.63, 3.8) is 0 Å². The molecule has 0 aliphatic carbocycles. The lowest BCUT2D eigenvalue weighted by Crippen LogP contribution is -2.20. The third-order valence-corrected chi connectivity index (χ3v) is 3.88. The number of hydrogen-bond donors (Lipinski definition) is 1. The molecule has 21 heavy (non-hydrogen) atoms. The molecule has 0 saturated carbocycles. The highest BCUT2D eigenvalue weighted by atomic mass is 15.2. The van der Waals surface area contributed by atoms with Gasteiger partial charge < -0.3 is 10.2 Å². The van der Waals surface area contributed by atoms with Crippen molar-refractivity contribution in [1.82, 2.24) is 10.3 Å². The Hall–Kier alpha value is -1.61. The minimum absolute atomic E-state index is 0.879. The van der Waals surface area contributed by atoms with E-state index >= 15 is 0 Å². The minimum atomic E-state index is 0.879. The lowest BCUT2D eigenvalue weighted by molar-refractivity contribution is 0.701. The van der Waals surface area contributed by atoms with Crippen LogP contribution < -0.4 is 10.2 Å². The van der Waals surface area contributed by atoms with Crippen molar-refractivity contribution in [3.8, 4) is 0 Å². The second kappa shape index (κ2) is 7.99. The van der Waals surface area contributed by atoms with Gasteiger partial charge in [-0.05, 0) is 23.9 Å². The zero-order valence-electron chi connectivity index (χ0n) is 13.5. The molecule has 0 aliphatic heterocycles. The van der Waals surface area contributed by atoms with Crippen LogP contribution in [0.25, 0.3) is 10.8 Å². The van der Waals surface area contributed by atoms with Crippen LogP contribution in [0.1, 0.15) is 38.7 Å². The number of rotatable bonds is 8. The SMILES string of the molecule is CCCCCN(C)c1ncc(CNCC)c2ccccc12. The summed E-state index contributed by atoms with van der Waals surface area (Å²) in [5, 5.41) is 5.96. The van der Waals surface area contributed by atoms with E-state index in [1.165, 1.54) is 35.6 Å². The molecule has 0 aliphatic rings. The topological polar surface area (TPSA) is 28.2 Å². The van der Waals surface area contributed by atoms with Crippen LogP contribution in [0.4, 0.5) is 5.82 Å². The molecule has 114 valence electrons. The van der Waals surface area contributed by atoms with Crippen LogP contribution in [-0.4, -0.2) is 25.1 Å². The first-order valence-electron chi connectivity index (χ1n) is 8.06. The molecule has 0 saturated heterocycles. The fourth-order valence-electron chi connectivity index (χ4n) is 2.65. The van der Waals surface area contributed by atoms with E-state index < -0.39 is 0 Å². The maximum atomic E-state index is 4.72. The number of nitrogens with one attached hydrogen (secondary N) is 1. The molecule has 3 nitrogen and oxygen atoms in total. The molecule has 0 fully saturated rings. The van der Waals surface area contributed by atoms with E-state index in [0.29, 0.717) is 0 Å². The van der Waals surface area contributed by atoms with Crippen molar-refractivity contribution in [2.24, 2.45) is 0 Å². The van der Waals surface area contributed by atoms with Crippen LogP contribution in [-0.2, 0) is 6.54 Å². The molecule has 2 rings (SSSR count). The van der Waals surface area contributed by atoms with Gasteiger partial charge in [0.25, 0.3) is 0 Å². The smallest absolute Gasteiger partial charge is 0.136 e. The van der Waals surface area contributed by atoms with Crippen LogP contribution in [0.15, 0.2) is 30.5 Å². The van der Waals surface area contributed by atoms with Gasteiger partial charge in [-0.2, -0.15) is 0 Å². The largest absolute Gasteiger partial charge is 0.359 e. The van der Waals surface area contributed by atoms with Gasteiger partial charge in [0, 0.05) is 31.7 Å². The normalized spacial score (nSPS) is 11.0. The number of aromatic nitrogens is 1. The number of nitrogens with zero attached hydrogens (tertiary/aromatic N) is 2. The molecule has 0 spiro atoms. The molecule has 0 bridgehead atoms. The molecule has 1 heterocycles. The highest BCUT2D eigenvalue weighted by Crippen LogP contribution is 2.26. The van der Waals surface area contributed by atoms with Crippen LogP contribution in [0, 0.1) is 0 Å². The summed E-state index contributed by atoms with van der Waals surface area (Å²) in [7, 11) is 2.15. The molecule has 0 unspecified atom stereocenters. The number of pyridine rings is 1. The Morgan fingerprint density at radius 2 is 1.86 bits per heavy atom. The summed E-state index contributed by atoms with van der Waals surface area (Å²) >= 11 is 0. The molecule has 0 amide bonds. The van der Waals surface area contributed by atoms with Gasteiger partial charge in [-0.3, -0.25) is 0 Å². The highest BCUT2D eigenvalue weighted by molar-refractivity contribution is 5.94. The molecule has 0 radical (unpaired) electrons. The van der Waals surface area contributed by atoms with Gasteiger partial charge in [0.05, 0.1) is 0 Å². The van der Waals surface area contributed by atoms with E-state index in [-0.39, 0.29) is 0 Å². The Morgan fingerprint density at radius 3 is 2.57 bits per heavy atom. The Bertz CT molecular complexity index is 565. The average molecular weight is 285 g/mol. The summed E-state index contributed by atoms with van der Waals surface area (Å²) in [5.74, 6) is 1.10. The molecule has 1 N–H and O–H groups in total. The van der Waals surface area contributed by atoms with Crippen molar-refractivity contribution >= 4 is 16.6 Å². The summed E-state index contributed by atoms with van der Waals surface area (Å²) in [6, 6.07) is 8.60. The molecule has 1 aromatic carbocycles. The summed E-state index contributed by atoms with van der Waals surface area (Å²) in [6.07, 6.45) is 5.78.